The highest BCUT2D eigenvalue weighted by Gasteiger charge is 2.15. The molecule has 1 atom stereocenters. The van der Waals surface area contributed by atoms with Gasteiger partial charge in [-0.25, -0.2) is 4.39 Å². The summed E-state index contributed by atoms with van der Waals surface area (Å²) in [6.07, 6.45) is 0.718. The van der Waals surface area contributed by atoms with Crippen LogP contribution in [0.3, 0.4) is 0 Å². The molecule has 0 heterocycles. The number of phenolic OH excluding ortho intramolecular Hbond substituents is 1. The van der Waals surface area contributed by atoms with Gasteiger partial charge in [0.15, 0.2) is 0 Å². The summed E-state index contributed by atoms with van der Waals surface area (Å²) in [7, 11) is 0. The molecule has 1 aromatic rings. The second-order valence-electron chi connectivity index (χ2n) is 4.06. The van der Waals surface area contributed by atoms with E-state index in [0.29, 0.717) is 11.5 Å². The van der Waals surface area contributed by atoms with Crippen molar-refractivity contribution in [3.8, 4) is 5.75 Å². The Morgan fingerprint density at radius 3 is 2.60 bits per heavy atom. The molecule has 0 bridgehead atoms. The van der Waals surface area contributed by atoms with Crippen LogP contribution in [0, 0.1) is 11.7 Å². The van der Waals surface area contributed by atoms with Crippen LogP contribution in [0.4, 0.5) is 4.39 Å². The quantitative estimate of drug-likeness (QED) is 0.839. The van der Waals surface area contributed by atoms with Crippen molar-refractivity contribution >= 4 is 11.6 Å². The minimum atomic E-state index is -0.630. The summed E-state index contributed by atoms with van der Waals surface area (Å²) in [4.78, 5) is 0. The molecule has 84 valence electrons. The molecule has 3 N–H and O–H groups in total. The number of hydrogen-bond donors (Lipinski definition) is 2. The van der Waals surface area contributed by atoms with Crippen LogP contribution in [0.5, 0.6) is 5.75 Å². The van der Waals surface area contributed by atoms with Gasteiger partial charge in [0.2, 0.25) is 0 Å². The molecule has 0 aromatic heterocycles. The third kappa shape index (κ3) is 3.08. The molecule has 0 saturated carbocycles. The minimum absolute atomic E-state index is 0.0120. The lowest BCUT2D eigenvalue weighted by Gasteiger charge is -2.16. The molecule has 0 aliphatic carbocycles. The average Bonchev–Trinajstić information content (AvgIpc) is 2.09. The Bertz CT molecular complexity index is 355. The van der Waals surface area contributed by atoms with E-state index in [1.165, 1.54) is 6.07 Å². The van der Waals surface area contributed by atoms with Crippen molar-refractivity contribution in [2.75, 3.05) is 0 Å². The van der Waals surface area contributed by atoms with Crippen LogP contribution in [-0.2, 0) is 0 Å². The fraction of sp³-hybridized carbons (Fsp3) is 0.455. The molecule has 0 spiro atoms. The molecule has 0 fully saturated rings. The Morgan fingerprint density at radius 2 is 2.07 bits per heavy atom. The van der Waals surface area contributed by atoms with Crippen molar-refractivity contribution in [1.82, 2.24) is 0 Å². The highest BCUT2D eigenvalue weighted by Crippen LogP contribution is 2.31. The van der Waals surface area contributed by atoms with E-state index in [1.807, 2.05) is 13.8 Å². The standard InChI is InChI=1S/C11H15ClFNO/c1-6(2)3-10(14)7-4-8(12)9(13)5-11(7)15/h4-6,10,15H,3,14H2,1-2H3. The molecule has 1 rings (SSSR count). The highest BCUT2D eigenvalue weighted by molar-refractivity contribution is 6.30. The summed E-state index contributed by atoms with van der Waals surface area (Å²) in [5.74, 6) is -0.358. The molecule has 0 aliphatic rings. The number of halogens is 2. The monoisotopic (exact) mass is 231 g/mol. The Kier molecular flexibility index (Phi) is 3.94. The van der Waals surface area contributed by atoms with Gasteiger partial charge >= 0.3 is 0 Å². The zero-order valence-corrected chi connectivity index (χ0v) is 9.55. The van der Waals surface area contributed by atoms with Crippen molar-refractivity contribution in [2.24, 2.45) is 11.7 Å². The summed E-state index contributed by atoms with van der Waals surface area (Å²) < 4.78 is 13.0. The summed E-state index contributed by atoms with van der Waals surface area (Å²) in [6, 6.07) is 2.07. The SMILES string of the molecule is CC(C)CC(N)c1cc(Cl)c(F)cc1O. The third-order valence-corrected chi connectivity index (χ3v) is 2.48. The molecule has 4 heteroatoms. The van der Waals surface area contributed by atoms with Crippen LogP contribution in [0.2, 0.25) is 5.02 Å². The number of rotatable bonds is 3. The Balaban J connectivity index is 2.98. The molecule has 0 saturated heterocycles. The van der Waals surface area contributed by atoms with E-state index in [-0.39, 0.29) is 16.8 Å². The number of phenols is 1. The molecule has 1 aromatic carbocycles. The third-order valence-electron chi connectivity index (χ3n) is 2.19. The van der Waals surface area contributed by atoms with Gasteiger partial charge in [-0.05, 0) is 18.4 Å². The van der Waals surface area contributed by atoms with Gasteiger partial charge in [0.05, 0.1) is 5.02 Å². The van der Waals surface area contributed by atoms with Gasteiger partial charge in [0, 0.05) is 17.7 Å². The summed E-state index contributed by atoms with van der Waals surface area (Å²) in [5.41, 5.74) is 6.37. The van der Waals surface area contributed by atoms with Crippen molar-refractivity contribution < 1.29 is 9.50 Å². The van der Waals surface area contributed by atoms with Crippen LogP contribution in [0.1, 0.15) is 31.9 Å². The Morgan fingerprint density at radius 1 is 1.47 bits per heavy atom. The molecule has 0 aliphatic heterocycles. The van der Waals surface area contributed by atoms with Gasteiger partial charge in [0.1, 0.15) is 11.6 Å². The maximum atomic E-state index is 13.0. The van der Waals surface area contributed by atoms with Gasteiger partial charge in [-0.2, -0.15) is 0 Å². The van der Waals surface area contributed by atoms with Gasteiger partial charge in [-0.15, -0.1) is 0 Å². The fourth-order valence-electron chi connectivity index (χ4n) is 1.48. The van der Waals surface area contributed by atoms with E-state index in [0.717, 1.165) is 12.5 Å². The molecule has 15 heavy (non-hydrogen) atoms. The van der Waals surface area contributed by atoms with Crippen molar-refractivity contribution in [3.63, 3.8) is 0 Å². The summed E-state index contributed by atoms with van der Waals surface area (Å²) in [6.45, 7) is 4.06. The normalized spacial score (nSPS) is 13.2. The van der Waals surface area contributed by atoms with Crippen LogP contribution in [-0.4, -0.2) is 5.11 Å². The Hall–Kier alpha value is -0.800. The predicted molar refractivity (Wildman–Crippen MR) is 59.5 cm³/mol. The number of nitrogens with two attached hydrogens (primary N) is 1. The van der Waals surface area contributed by atoms with E-state index >= 15 is 0 Å². The summed E-state index contributed by atoms with van der Waals surface area (Å²) in [5, 5.41) is 9.51. The number of aromatic hydroxyl groups is 1. The maximum absolute atomic E-state index is 13.0. The van der Waals surface area contributed by atoms with Crippen molar-refractivity contribution in [1.29, 1.82) is 0 Å². The van der Waals surface area contributed by atoms with Gasteiger partial charge in [0.25, 0.3) is 0 Å². The van der Waals surface area contributed by atoms with Crippen molar-refractivity contribution in [3.05, 3.63) is 28.5 Å². The molecule has 1 unspecified atom stereocenters. The second-order valence-corrected chi connectivity index (χ2v) is 4.47. The lowest BCUT2D eigenvalue weighted by Crippen LogP contribution is -2.13. The first kappa shape index (κ1) is 12.3. The zero-order chi connectivity index (χ0) is 11.6. The van der Waals surface area contributed by atoms with Crippen LogP contribution < -0.4 is 5.73 Å². The van der Waals surface area contributed by atoms with Crippen molar-refractivity contribution in [2.45, 2.75) is 26.3 Å². The zero-order valence-electron chi connectivity index (χ0n) is 8.80. The van der Waals surface area contributed by atoms with E-state index in [9.17, 15) is 9.50 Å². The van der Waals surface area contributed by atoms with Crippen LogP contribution in [0.15, 0.2) is 12.1 Å². The largest absolute Gasteiger partial charge is 0.508 e. The Labute approximate surface area is 93.9 Å². The van der Waals surface area contributed by atoms with E-state index in [1.54, 1.807) is 0 Å². The van der Waals surface area contributed by atoms with Gasteiger partial charge < -0.3 is 10.8 Å². The molecular formula is C11H15ClFNO. The molecule has 0 amide bonds. The highest BCUT2D eigenvalue weighted by atomic mass is 35.5. The van der Waals surface area contributed by atoms with E-state index in [4.69, 9.17) is 17.3 Å². The molecule has 2 nitrogen and oxygen atoms in total. The van der Waals surface area contributed by atoms with Gasteiger partial charge in [-0.1, -0.05) is 25.4 Å². The van der Waals surface area contributed by atoms with Gasteiger partial charge in [-0.3, -0.25) is 0 Å². The smallest absolute Gasteiger partial charge is 0.145 e. The minimum Gasteiger partial charge on any atom is -0.508 e. The lowest BCUT2D eigenvalue weighted by atomic mass is 9.97. The summed E-state index contributed by atoms with van der Waals surface area (Å²) >= 11 is 5.62. The predicted octanol–water partition coefficient (Wildman–Crippen LogP) is 3.23. The lowest BCUT2D eigenvalue weighted by molar-refractivity contribution is 0.440. The number of hydrogen-bond acceptors (Lipinski definition) is 2. The first-order valence-corrected chi connectivity index (χ1v) is 5.23. The molecule has 0 radical (unpaired) electrons. The fourth-order valence-corrected chi connectivity index (χ4v) is 1.66. The number of benzene rings is 1. The average molecular weight is 232 g/mol. The van der Waals surface area contributed by atoms with Crippen LogP contribution >= 0.6 is 11.6 Å². The second kappa shape index (κ2) is 4.81. The van der Waals surface area contributed by atoms with E-state index in [2.05, 4.69) is 0 Å². The first-order chi connectivity index (χ1) is 6.91. The topological polar surface area (TPSA) is 46.2 Å². The van der Waals surface area contributed by atoms with Crippen LogP contribution in [0.25, 0.3) is 0 Å². The molecular weight excluding hydrogens is 217 g/mol. The first-order valence-electron chi connectivity index (χ1n) is 4.85. The maximum Gasteiger partial charge on any atom is 0.145 e. The van der Waals surface area contributed by atoms with E-state index < -0.39 is 5.82 Å².